The molecule has 2 aromatic carbocycles. The van der Waals surface area contributed by atoms with Crippen LogP contribution < -0.4 is 25.0 Å². The van der Waals surface area contributed by atoms with Crippen LogP contribution in [0.1, 0.15) is 23.6 Å². The lowest BCUT2D eigenvalue weighted by atomic mass is 10.1. The molecule has 0 aliphatic carbocycles. The average Bonchev–Trinajstić information content (AvgIpc) is 2.86. The monoisotopic (exact) mass is 558 g/mol. The van der Waals surface area contributed by atoms with Crippen molar-refractivity contribution >= 4 is 56.3 Å². The minimum Gasteiger partial charge on any atom is -0.369 e. The lowest BCUT2D eigenvalue weighted by molar-refractivity contribution is 0.312. The molecule has 38 heavy (non-hydrogen) atoms. The van der Waals surface area contributed by atoms with Gasteiger partial charge < -0.3 is 20.4 Å². The fourth-order valence-electron chi connectivity index (χ4n) is 4.34. The maximum absolute atomic E-state index is 12.1. The summed E-state index contributed by atoms with van der Waals surface area (Å²) in [6, 6.07) is 9.76. The van der Waals surface area contributed by atoms with E-state index >= 15 is 0 Å². The minimum atomic E-state index is -3.63. The van der Waals surface area contributed by atoms with Gasteiger partial charge >= 0.3 is 0 Å². The summed E-state index contributed by atoms with van der Waals surface area (Å²) in [6.07, 6.45) is 1.55. The Hall–Kier alpha value is -3.12. The summed E-state index contributed by atoms with van der Waals surface area (Å²) < 4.78 is 29.2. The number of nitrogens with one attached hydrogen (secondary N) is 4. The van der Waals surface area contributed by atoms with Crippen LogP contribution in [0, 0.1) is 20.8 Å². The lowest BCUT2D eigenvalue weighted by Crippen LogP contribution is -2.44. The van der Waals surface area contributed by atoms with Gasteiger partial charge in [0.05, 0.1) is 11.9 Å². The van der Waals surface area contributed by atoms with Crippen LogP contribution in [0.4, 0.5) is 34.5 Å². The molecule has 0 radical (unpaired) electrons. The van der Waals surface area contributed by atoms with Crippen molar-refractivity contribution in [2.24, 2.45) is 0 Å². The third-order valence-electron chi connectivity index (χ3n) is 6.66. The van der Waals surface area contributed by atoms with Crippen molar-refractivity contribution < 1.29 is 8.42 Å². The van der Waals surface area contributed by atoms with Crippen LogP contribution in [-0.4, -0.2) is 63.1 Å². The number of aromatic nitrogens is 2. The topological polar surface area (TPSA) is 115 Å². The molecular formula is C26H35ClN8O2S. The average molecular weight is 559 g/mol. The second kappa shape index (κ2) is 11.7. The highest BCUT2D eigenvalue weighted by Crippen LogP contribution is 2.31. The molecule has 0 atom stereocenters. The summed E-state index contributed by atoms with van der Waals surface area (Å²) in [7, 11) is -1.47. The van der Waals surface area contributed by atoms with E-state index in [4.69, 9.17) is 11.6 Å². The molecule has 1 aliphatic rings. The van der Waals surface area contributed by atoms with Crippen LogP contribution in [0.5, 0.6) is 0 Å². The highest BCUT2D eigenvalue weighted by molar-refractivity contribution is 7.90. The maximum atomic E-state index is 12.1. The van der Waals surface area contributed by atoms with Gasteiger partial charge in [-0.15, -0.1) is 0 Å². The summed E-state index contributed by atoms with van der Waals surface area (Å²) in [4.78, 5) is 13.7. The van der Waals surface area contributed by atoms with Gasteiger partial charge in [-0.05, 0) is 74.8 Å². The number of rotatable bonds is 9. The van der Waals surface area contributed by atoms with Gasteiger partial charge in [0.1, 0.15) is 5.02 Å². The van der Waals surface area contributed by atoms with E-state index in [0.29, 0.717) is 29.0 Å². The number of piperazine rings is 1. The standard InChI is InChI=1S/C26H35ClN8O2S/c1-6-29-38(36,37)33-23-9-8-22(18(3)19(23)4)31-25-21(27)16-28-26(32-25)30-20-7-10-24(17(2)15-20)35-13-11-34(5)12-14-35/h7-10,15-16,29,33H,6,11-14H2,1-5H3,(H2,28,30,31,32). The van der Waals surface area contributed by atoms with Gasteiger partial charge in [0.15, 0.2) is 5.82 Å². The van der Waals surface area contributed by atoms with Crippen LogP contribution in [0.15, 0.2) is 36.5 Å². The normalized spacial score (nSPS) is 14.4. The Kier molecular flexibility index (Phi) is 8.61. The van der Waals surface area contributed by atoms with Gasteiger partial charge in [0, 0.05) is 49.8 Å². The number of aryl methyl sites for hydroxylation is 1. The fourth-order valence-corrected chi connectivity index (χ4v) is 5.45. The summed E-state index contributed by atoms with van der Waals surface area (Å²) in [5.74, 6) is 0.853. The first-order valence-corrected chi connectivity index (χ1v) is 14.4. The van der Waals surface area contributed by atoms with Crippen molar-refractivity contribution in [2.75, 3.05) is 60.0 Å². The Labute approximate surface area is 230 Å². The third kappa shape index (κ3) is 6.65. The van der Waals surface area contributed by atoms with Gasteiger partial charge in [-0.2, -0.15) is 18.1 Å². The molecule has 0 unspecified atom stereocenters. The second-order valence-electron chi connectivity index (χ2n) is 9.45. The smallest absolute Gasteiger partial charge is 0.299 e. The highest BCUT2D eigenvalue weighted by Gasteiger charge is 2.17. The molecule has 4 N–H and O–H groups in total. The van der Waals surface area contributed by atoms with Crippen molar-refractivity contribution in [3.63, 3.8) is 0 Å². The first-order chi connectivity index (χ1) is 18.1. The van der Waals surface area contributed by atoms with Gasteiger partial charge in [-0.25, -0.2) is 4.98 Å². The van der Waals surface area contributed by atoms with E-state index in [-0.39, 0.29) is 0 Å². The van der Waals surface area contributed by atoms with Crippen LogP contribution in [0.3, 0.4) is 0 Å². The molecule has 0 amide bonds. The SMILES string of the molecule is CCNS(=O)(=O)Nc1ccc(Nc2nc(Nc3ccc(N4CCN(C)CC4)c(C)c3)ncc2Cl)c(C)c1C. The third-order valence-corrected chi connectivity index (χ3v) is 8.09. The molecule has 12 heteroatoms. The number of nitrogens with zero attached hydrogens (tertiary/aromatic N) is 4. The zero-order valence-corrected chi connectivity index (χ0v) is 24.0. The Morgan fingerprint density at radius 1 is 0.974 bits per heavy atom. The van der Waals surface area contributed by atoms with Gasteiger partial charge in [-0.3, -0.25) is 4.72 Å². The number of anilines is 6. The molecule has 204 valence electrons. The van der Waals surface area contributed by atoms with Gasteiger partial charge in [-0.1, -0.05) is 18.5 Å². The molecule has 0 bridgehead atoms. The van der Waals surface area contributed by atoms with Crippen LogP contribution in [0.2, 0.25) is 5.02 Å². The van der Waals surface area contributed by atoms with E-state index in [1.54, 1.807) is 25.3 Å². The molecule has 0 saturated carbocycles. The van der Waals surface area contributed by atoms with Crippen molar-refractivity contribution in [2.45, 2.75) is 27.7 Å². The zero-order chi connectivity index (χ0) is 27.4. The molecular weight excluding hydrogens is 524 g/mol. The van der Waals surface area contributed by atoms with Crippen molar-refractivity contribution in [3.05, 3.63) is 58.2 Å². The first-order valence-electron chi connectivity index (χ1n) is 12.5. The van der Waals surface area contributed by atoms with Gasteiger partial charge in [0.25, 0.3) is 10.2 Å². The number of likely N-dealkylation sites (N-methyl/N-ethyl adjacent to an activating group) is 1. The Morgan fingerprint density at radius 2 is 1.66 bits per heavy atom. The molecule has 2 heterocycles. The Bertz CT molecular complexity index is 1410. The largest absolute Gasteiger partial charge is 0.369 e. The quantitative estimate of drug-likeness (QED) is 0.302. The predicted octanol–water partition coefficient (Wildman–Crippen LogP) is 4.56. The summed E-state index contributed by atoms with van der Waals surface area (Å²) in [5.41, 5.74) is 6.22. The summed E-state index contributed by atoms with van der Waals surface area (Å²) in [6.45, 7) is 12.0. The van der Waals surface area contributed by atoms with E-state index in [0.717, 1.165) is 48.7 Å². The Balaban J connectivity index is 1.50. The van der Waals surface area contributed by atoms with Crippen LogP contribution in [-0.2, 0) is 10.2 Å². The Morgan fingerprint density at radius 3 is 2.34 bits per heavy atom. The number of hydrogen-bond acceptors (Lipinski definition) is 8. The van der Waals surface area contributed by atoms with E-state index in [1.807, 2.05) is 19.9 Å². The van der Waals surface area contributed by atoms with E-state index in [9.17, 15) is 8.42 Å². The highest BCUT2D eigenvalue weighted by atomic mass is 35.5. The molecule has 10 nitrogen and oxygen atoms in total. The van der Waals surface area contributed by atoms with Crippen LogP contribution in [0.25, 0.3) is 0 Å². The zero-order valence-electron chi connectivity index (χ0n) is 22.4. The first kappa shape index (κ1) is 27.9. The second-order valence-corrected chi connectivity index (χ2v) is 11.4. The minimum absolute atomic E-state index is 0.301. The predicted molar refractivity (Wildman–Crippen MR) is 157 cm³/mol. The fraction of sp³-hybridized carbons (Fsp3) is 0.385. The molecule has 1 aromatic heterocycles. The van der Waals surface area contributed by atoms with Crippen molar-refractivity contribution in [1.82, 2.24) is 19.6 Å². The molecule has 4 rings (SSSR count). The molecule has 1 fully saturated rings. The van der Waals surface area contributed by atoms with Crippen molar-refractivity contribution in [3.8, 4) is 0 Å². The van der Waals surface area contributed by atoms with E-state index in [1.165, 1.54) is 11.3 Å². The summed E-state index contributed by atoms with van der Waals surface area (Å²) in [5, 5.41) is 6.91. The number of halogens is 1. The lowest BCUT2D eigenvalue weighted by Gasteiger charge is -2.35. The number of hydrogen-bond donors (Lipinski definition) is 4. The molecule has 0 spiro atoms. The van der Waals surface area contributed by atoms with E-state index < -0.39 is 10.2 Å². The van der Waals surface area contributed by atoms with Gasteiger partial charge in [0.2, 0.25) is 5.95 Å². The van der Waals surface area contributed by atoms with E-state index in [2.05, 4.69) is 65.9 Å². The molecule has 3 aromatic rings. The maximum Gasteiger partial charge on any atom is 0.299 e. The number of benzene rings is 2. The van der Waals surface area contributed by atoms with Crippen LogP contribution >= 0.6 is 11.6 Å². The molecule has 1 saturated heterocycles. The molecule has 1 aliphatic heterocycles. The summed E-state index contributed by atoms with van der Waals surface area (Å²) >= 11 is 6.41. The van der Waals surface area contributed by atoms with Crippen molar-refractivity contribution in [1.29, 1.82) is 0 Å².